The van der Waals surface area contributed by atoms with Gasteiger partial charge < -0.3 is 15.0 Å². The molecular formula is C16H28N2O. The second kappa shape index (κ2) is 9.08. The van der Waals surface area contributed by atoms with Crippen LogP contribution in [0.2, 0.25) is 0 Å². The van der Waals surface area contributed by atoms with Crippen molar-refractivity contribution in [3.63, 3.8) is 0 Å². The van der Waals surface area contributed by atoms with E-state index in [1.807, 2.05) is 0 Å². The van der Waals surface area contributed by atoms with Crippen molar-refractivity contribution in [3.05, 3.63) is 35.4 Å². The van der Waals surface area contributed by atoms with Crippen molar-refractivity contribution in [2.24, 2.45) is 0 Å². The summed E-state index contributed by atoms with van der Waals surface area (Å²) in [5.41, 5.74) is 2.81. The fraction of sp³-hybridized carbons (Fsp3) is 0.625. The zero-order chi connectivity index (χ0) is 14.1. The molecule has 1 rings (SSSR count). The standard InChI is InChI=1S/C16H28N2O/c1-14(2)17-12-15-8-5-6-9-16(15)13-18(3)10-7-11-19-4/h5-6,8-9,14,17H,7,10-13H2,1-4H3. The number of hydrogen-bond acceptors (Lipinski definition) is 3. The highest BCUT2D eigenvalue weighted by Crippen LogP contribution is 2.11. The van der Waals surface area contributed by atoms with Gasteiger partial charge in [-0.15, -0.1) is 0 Å². The molecule has 0 saturated heterocycles. The van der Waals surface area contributed by atoms with Gasteiger partial charge in [0.2, 0.25) is 0 Å². The van der Waals surface area contributed by atoms with E-state index in [2.05, 4.69) is 55.4 Å². The normalized spacial score (nSPS) is 11.5. The van der Waals surface area contributed by atoms with Gasteiger partial charge in [0, 0.05) is 39.4 Å². The number of hydrogen-bond donors (Lipinski definition) is 1. The van der Waals surface area contributed by atoms with E-state index in [0.29, 0.717) is 6.04 Å². The Labute approximate surface area is 118 Å². The summed E-state index contributed by atoms with van der Waals surface area (Å²) in [4.78, 5) is 2.35. The van der Waals surface area contributed by atoms with Crippen molar-refractivity contribution in [2.75, 3.05) is 27.3 Å². The Morgan fingerprint density at radius 3 is 2.53 bits per heavy atom. The van der Waals surface area contributed by atoms with Crippen LogP contribution >= 0.6 is 0 Å². The summed E-state index contributed by atoms with van der Waals surface area (Å²) in [6.45, 7) is 8.21. The molecule has 0 aromatic heterocycles. The Balaban J connectivity index is 2.51. The first-order valence-electron chi connectivity index (χ1n) is 7.11. The van der Waals surface area contributed by atoms with Crippen LogP contribution in [-0.2, 0) is 17.8 Å². The summed E-state index contributed by atoms with van der Waals surface area (Å²) in [6.07, 6.45) is 1.08. The fourth-order valence-corrected chi connectivity index (χ4v) is 2.05. The number of nitrogens with one attached hydrogen (secondary N) is 1. The average Bonchev–Trinajstić information content (AvgIpc) is 2.38. The molecule has 0 unspecified atom stereocenters. The molecule has 0 aliphatic carbocycles. The summed E-state index contributed by atoms with van der Waals surface area (Å²) in [7, 11) is 3.93. The van der Waals surface area contributed by atoms with Crippen LogP contribution in [0.15, 0.2) is 24.3 Å². The topological polar surface area (TPSA) is 24.5 Å². The Bertz CT molecular complexity index is 352. The minimum absolute atomic E-state index is 0.521. The molecule has 0 radical (unpaired) electrons. The predicted molar refractivity (Wildman–Crippen MR) is 81.2 cm³/mol. The lowest BCUT2D eigenvalue weighted by atomic mass is 10.1. The Morgan fingerprint density at radius 1 is 1.21 bits per heavy atom. The second-order valence-electron chi connectivity index (χ2n) is 5.39. The molecule has 19 heavy (non-hydrogen) atoms. The lowest BCUT2D eigenvalue weighted by molar-refractivity contribution is 0.178. The highest BCUT2D eigenvalue weighted by Gasteiger charge is 2.05. The predicted octanol–water partition coefficient (Wildman–Crippen LogP) is 2.65. The van der Waals surface area contributed by atoms with Crippen LogP contribution in [0.5, 0.6) is 0 Å². The molecule has 0 bridgehead atoms. The van der Waals surface area contributed by atoms with Crippen molar-refractivity contribution in [1.82, 2.24) is 10.2 Å². The molecule has 1 aromatic carbocycles. The summed E-state index contributed by atoms with van der Waals surface area (Å²) >= 11 is 0. The smallest absolute Gasteiger partial charge is 0.0474 e. The van der Waals surface area contributed by atoms with Crippen LogP contribution in [0.3, 0.4) is 0 Å². The third-order valence-corrected chi connectivity index (χ3v) is 3.15. The number of rotatable bonds is 9. The fourth-order valence-electron chi connectivity index (χ4n) is 2.05. The van der Waals surface area contributed by atoms with Gasteiger partial charge in [0.25, 0.3) is 0 Å². The maximum Gasteiger partial charge on any atom is 0.0474 e. The number of ether oxygens (including phenoxy) is 1. The Hall–Kier alpha value is -0.900. The molecule has 0 heterocycles. The number of methoxy groups -OCH3 is 1. The molecule has 0 aliphatic heterocycles. The number of benzene rings is 1. The molecule has 1 aromatic rings. The van der Waals surface area contributed by atoms with E-state index >= 15 is 0 Å². The van der Waals surface area contributed by atoms with Crippen LogP contribution in [0.1, 0.15) is 31.4 Å². The van der Waals surface area contributed by atoms with Gasteiger partial charge in [0.15, 0.2) is 0 Å². The van der Waals surface area contributed by atoms with Gasteiger partial charge in [0.1, 0.15) is 0 Å². The van der Waals surface area contributed by atoms with Gasteiger partial charge in [-0.2, -0.15) is 0 Å². The summed E-state index contributed by atoms with van der Waals surface area (Å²) in [6, 6.07) is 9.20. The van der Waals surface area contributed by atoms with Crippen molar-refractivity contribution < 1.29 is 4.74 Å². The molecule has 3 nitrogen and oxygen atoms in total. The van der Waals surface area contributed by atoms with Crippen LogP contribution in [0, 0.1) is 0 Å². The SMILES string of the molecule is COCCCN(C)Cc1ccccc1CNC(C)C. The molecule has 0 spiro atoms. The second-order valence-corrected chi connectivity index (χ2v) is 5.39. The van der Waals surface area contributed by atoms with E-state index in [1.54, 1.807) is 7.11 Å². The van der Waals surface area contributed by atoms with E-state index in [0.717, 1.165) is 32.7 Å². The third-order valence-electron chi connectivity index (χ3n) is 3.15. The van der Waals surface area contributed by atoms with Crippen LogP contribution in [0.25, 0.3) is 0 Å². The molecule has 0 aliphatic rings. The minimum atomic E-state index is 0.521. The van der Waals surface area contributed by atoms with Gasteiger partial charge in [-0.05, 0) is 24.6 Å². The summed E-state index contributed by atoms with van der Waals surface area (Å²) in [5.74, 6) is 0. The maximum atomic E-state index is 5.09. The lowest BCUT2D eigenvalue weighted by Crippen LogP contribution is -2.24. The molecule has 0 fully saturated rings. The maximum absolute atomic E-state index is 5.09. The number of nitrogens with zero attached hydrogens (tertiary/aromatic N) is 1. The third kappa shape index (κ3) is 6.71. The Morgan fingerprint density at radius 2 is 1.89 bits per heavy atom. The quantitative estimate of drug-likeness (QED) is 0.694. The molecule has 1 N–H and O–H groups in total. The first-order valence-corrected chi connectivity index (χ1v) is 7.11. The largest absolute Gasteiger partial charge is 0.385 e. The zero-order valence-electron chi connectivity index (χ0n) is 12.8. The Kier molecular flexibility index (Phi) is 7.72. The monoisotopic (exact) mass is 264 g/mol. The zero-order valence-corrected chi connectivity index (χ0v) is 12.8. The molecule has 0 atom stereocenters. The van der Waals surface area contributed by atoms with Gasteiger partial charge in [-0.1, -0.05) is 38.1 Å². The van der Waals surface area contributed by atoms with Gasteiger partial charge >= 0.3 is 0 Å². The first kappa shape index (κ1) is 16.2. The van der Waals surface area contributed by atoms with E-state index < -0.39 is 0 Å². The molecular weight excluding hydrogens is 236 g/mol. The average molecular weight is 264 g/mol. The summed E-state index contributed by atoms with van der Waals surface area (Å²) < 4.78 is 5.09. The van der Waals surface area contributed by atoms with Gasteiger partial charge in [-0.3, -0.25) is 0 Å². The lowest BCUT2D eigenvalue weighted by Gasteiger charge is -2.19. The van der Waals surface area contributed by atoms with Gasteiger partial charge in [0.05, 0.1) is 0 Å². The van der Waals surface area contributed by atoms with E-state index in [4.69, 9.17) is 4.74 Å². The van der Waals surface area contributed by atoms with E-state index in [9.17, 15) is 0 Å². The van der Waals surface area contributed by atoms with E-state index in [-0.39, 0.29) is 0 Å². The van der Waals surface area contributed by atoms with Crippen molar-refractivity contribution in [2.45, 2.75) is 39.4 Å². The van der Waals surface area contributed by atoms with Crippen molar-refractivity contribution in [1.29, 1.82) is 0 Å². The van der Waals surface area contributed by atoms with Gasteiger partial charge in [-0.25, -0.2) is 0 Å². The van der Waals surface area contributed by atoms with Crippen LogP contribution < -0.4 is 5.32 Å². The molecule has 0 saturated carbocycles. The van der Waals surface area contributed by atoms with Crippen molar-refractivity contribution in [3.8, 4) is 0 Å². The van der Waals surface area contributed by atoms with Crippen LogP contribution in [0.4, 0.5) is 0 Å². The molecule has 0 amide bonds. The summed E-state index contributed by atoms with van der Waals surface area (Å²) in [5, 5.41) is 3.49. The van der Waals surface area contributed by atoms with E-state index in [1.165, 1.54) is 11.1 Å². The van der Waals surface area contributed by atoms with Crippen molar-refractivity contribution >= 4 is 0 Å². The highest BCUT2D eigenvalue weighted by molar-refractivity contribution is 5.27. The first-order chi connectivity index (χ1) is 9.13. The minimum Gasteiger partial charge on any atom is -0.385 e. The molecule has 108 valence electrons. The van der Waals surface area contributed by atoms with Crippen LogP contribution in [-0.4, -0.2) is 38.3 Å². The highest BCUT2D eigenvalue weighted by atomic mass is 16.5. The molecule has 3 heteroatoms.